The van der Waals surface area contributed by atoms with Crippen LogP contribution in [0.3, 0.4) is 0 Å². The fourth-order valence-electron chi connectivity index (χ4n) is 3.25. The van der Waals surface area contributed by atoms with Crippen LogP contribution in [0.4, 0.5) is 5.69 Å². The molecule has 2 unspecified atom stereocenters. The van der Waals surface area contributed by atoms with Crippen molar-refractivity contribution in [3.63, 3.8) is 0 Å². The summed E-state index contributed by atoms with van der Waals surface area (Å²) in [6, 6.07) is 4.74. The summed E-state index contributed by atoms with van der Waals surface area (Å²) in [5.41, 5.74) is 8.02. The fourth-order valence-corrected chi connectivity index (χ4v) is 3.25. The number of hydrogen-bond acceptors (Lipinski definition) is 4. The lowest BCUT2D eigenvalue weighted by molar-refractivity contribution is -0.00870. The molecule has 19 heavy (non-hydrogen) atoms. The molecule has 1 saturated heterocycles. The number of nitrogens with two attached hydrogens (primary N) is 1. The topological polar surface area (TPSA) is 51.4 Å². The van der Waals surface area contributed by atoms with E-state index in [1.54, 1.807) is 0 Å². The van der Waals surface area contributed by atoms with Gasteiger partial charge in [0.15, 0.2) is 0 Å². The van der Waals surface area contributed by atoms with Crippen molar-refractivity contribution >= 4 is 5.69 Å². The summed E-state index contributed by atoms with van der Waals surface area (Å²) in [6.45, 7) is 3.77. The van der Waals surface area contributed by atoms with E-state index in [1.165, 1.54) is 31.4 Å². The van der Waals surface area contributed by atoms with Crippen LogP contribution >= 0.6 is 0 Å². The second kappa shape index (κ2) is 5.47. The summed E-state index contributed by atoms with van der Waals surface area (Å²) in [7, 11) is 0. The van der Waals surface area contributed by atoms with E-state index < -0.39 is 0 Å². The molecule has 2 fully saturated rings. The van der Waals surface area contributed by atoms with Gasteiger partial charge in [0.05, 0.1) is 36.3 Å². The molecule has 1 saturated carbocycles. The van der Waals surface area contributed by atoms with Gasteiger partial charge in [0.25, 0.3) is 0 Å². The second-order valence-electron chi connectivity index (χ2n) is 5.68. The number of hydrogen-bond donors (Lipinski definition) is 1. The highest BCUT2D eigenvalue weighted by Gasteiger charge is 2.34. The van der Waals surface area contributed by atoms with Gasteiger partial charge in [-0.1, -0.05) is 12.8 Å². The second-order valence-corrected chi connectivity index (χ2v) is 5.68. The summed E-state index contributed by atoms with van der Waals surface area (Å²) in [6.07, 6.45) is 7.43. The summed E-state index contributed by atoms with van der Waals surface area (Å²) >= 11 is 0. The van der Waals surface area contributed by atoms with Crippen molar-refractivity contribution in [3.8, 4) is 0 Å². The van der Waals surface area contributed by atoms with Crippen LogP contribution in [-0.2, 0) is 4.74 Å². The minimum atomic E-state index is 0.00108. The molecule has 2 N–H and O–H groups in total. The molecule has 1 aromatic heterocycles. The predicted octanol–water partition coefficient (Wildman–Crippen LogP) is 2.25. The number of pyridine rings is 1. The number of morpholine rings is 1. The van der Waals surface area contributed by atoms with Crippen LogP contribution in [0.25, 0.3) is 0 Å². The molecule has 0 radical (unpaired) electrons. The number of fused-ring (bicyclic) bond motifs is 1. The zero-order valence-corrected chi connectivity index (χ0v) is 11.6. The minimum absolute atomic E-state index is 0.00108. The zero-order valence-electron chi connectivity index (χ0n) is 11.6. The van der Waals surface area contributed by atoms with Crippen LogP contribution in [-0.4, -0.2) is 30.3 Å². The fraction of sp³-hybridized carbons (Fsp3) is 0.667. The van der Waals surface area contributed by atoms with Gasteiger partial charge >= 0.3 is 0 Å². The highest BCUT2D eigenvalue weighted by molar-refractivity contribution is 5.47. The lowest BCUT2D eigenvalue weighted by Gasteiger charge is -2.45. The highest BCUT2D eigenvalue weighted by Crippen LogP contribution is 2.31. The zero-order chi connectivity index (χ0) is 13.2. The van der Waals surface area contributed by atoms with E-state index in [-0.39, 0.29) is 6.04 Å². The van der Waals surface area contributed by atoms with Crippen LogP contribution in [0, 0.1) is 0 Å². The standard InChI is InChI=1S/C15H23N3O/c1-11(16)13-7-6-12(10-17-13)18-8-9-19-15-5-3-2-4-14(15)18/h6-7,10-11,14-15H,2-5,8-9,16H2,1H3/t11-,14?,15?/m0/s1. The SMILES string of the molecule is C[C@H](N)c1ccc(N2CCOC3CCCCC32)cn1. The first kappa shape index (κ1) is 12.9. The van der Waals surface area contributed by atoms with E-state index in [2.05, 4.69) is 16.0 Å². The molecule has 3 rings (SSSR count). The molecule has 1 aliphatic heterocycles. The Kier molecular flexibility index (Phi) is 3.71. The van der Waals surface area contributed by atoms with Gasteiger partial charge in [-0.05, 0) is 31.9 Å². The Bertz CT molecular complexity index is 416. The first-order chi connectivity index (χ1) is 9.25. The van der Waals surface area contributed by atoms with E-state index in [0.717, 1.165) is 18.8 Å². The van der Waals surface area contributed by atoms with E-state index in [0.29, 0.717) is 12.1 Å². The Hall–Kier alpha value is -1.13. The van der Waals surface area contributed by atoms with E-state index >= 15 is 0 Å². The van der Waals surface area contributed by atoms with Crippen LogP contribution in [0.15, 0.2) is 18.3 Å². The third-order valence-electron chi connectivity index (χ3n) is 4.30. The third kappa shape index (κ3) is 2.60. The van der Waals surface area contributed by atoms with Gasteiger partial charge in [-0.15, -0.1) is 0 Å². The van der Waals surface area contributed by atoms with Gasteiger partial charge in [-0.3, -0.25) is 4.98 Å². The summed E-state index contributed by atoms with van der Waals surface area (Å²) in [5, 5.41) is 0. The minimum Gasteiger partial charge on any atom is -0.374 e. The van der Waals surface area contributed by atoms with Crippen molar-refractivity contribution in [1.82, 2.24) is 4.98 Å². The number of nitrogens with zero attached hydrogens (tertiary/aromatic N) is 2. The van der Waals surface area contributed by atoms with Gasteiger partial charge in [0.2, 0.25) is 0 Å². The molecule has 104 valence electrons. The number of aromatic nitrogens is 1. The van der Waals surface area contributed by atoms with Crippen LogP contribution in [0.5, 0.6) is 0 Å². The Labute approximate surface area is 115 Å². The number of ether oxygens (including phenoxy) is 1. The Morgan fingerprint density at radius 3 is 2.95 bits per heavy atom. The molecular formula is C15H23N3O. The molecule has 1 aliphatic carbocycles. The Balaban J connectivity index is 1.79. The van der Waals surface area contributed by atoms with Gasteiger partial charge in [0.1, 0.15) is 0 Å². The van der Waals surface area contributed by atoms with Gasteiger partial charge in [0, 0.05) is 12.6 Å². The molecule has 2 heterocycles. The van der Waals surface area contributed by atoms with Crippen LogP contribution < -0.4 is 10.6 Å². The van der Waals surface area contributed by atoms with E-state index in [4.69, 9.17) is 10.5 Å². The number of anilines is 1. The Morgan fingerprint density at radius 1 is 1.37 bits per heavy atom. The molecule has 1 aromatic rings. The van der Waals surface area contributed by atoms with Crippen molar-refractivity contribution in [2.75, 3.05) is 18.1 Å². The molecule has 0 amide bonds. The van der Waals surface area contributed by atoms with Crippen LogP contribution in [0.1, 0.15) is 44.3 Å². The van der Waals surface area contributed by atoms with Gasteiger partial charge in [-0.25, -0.2) is 0 Å². The summed E-state index contributed by atoms with van der Waals surface area (Å²) in [5.74, 6) is 0. The first-order valence-corrected chi connectivity index (χ1v) is 7.35. The maximum atomic E-state index is 5.91. The summed E-state index contributed by atoms with van der Waals surface area (Å²) in [4.78, 5) is 6.96. The number of rotatable bonds is 2. The highest BCUT2D eigenvalue weighted by atomic mass is 16.5. The molecule has 2 aliphatic rings. The van der Waals surface area contributed by atoms with E-state index in [1.807, 2.05) is 19.2 Å². The van der Waals surface area contributed by atoms with Crippen molar-refractivity contribution in [2.24, 2.45) is 5.73 Å². The lowest BCUT2D eigenvalue weighted by Crippen LogP contribution is -2.52. The molecule has 0 aromatic carbocycles. The van der Waals surface area contributed by atoms with Crippen molar-refractivity contribution in [1.29, 1.82) is 0 Å². The molecule has 4 heteroatoms. The average Bonchev–Trinajstić information content (AvgIpc) is 2.47. The normalized spacial score (nSPS) is 28.8. The van der Waals surface area contributed by atoms with Gasteiger partial charge in [-0.2, -0.15) is 0 Å². The predicted molar refractivity (Wildman–Crippen MR) is 76.2 cm³/mol. The molecule has 0 spiro atoms. The maximum absolute atomic E-state index is 5.91. The molecular weight excluding hydrogens is 238 g/mol. The van der Waals surface area contributed by atoms with E-state index in [9.17, 15) is 0 Å². The van der Waals surface area contributed by atoms with Gasteiger partial charge < -0.3 is 15.4 Å². The maximum Gasteiger partial charge on any atom is 0.0779 e. The monoisotopic (exact) mass is 261 g/mol. The van der Waals surface area contributed by atoms with Crippen molar-refractivity contribution in [3.05, 3.63) is 24.0 Å². The van der Waals surface area contributed by atoms with Crippen LogP contribution in [0.2, 0.25) is 0 Å². The van der Waals surface area contributed by atoms with Crippen molar-refractivity contribution < 1.29 is 4.74 Å². The summed E-state index contributed by atoms with van der Waals surface area (Å²) < 4.78 is 5.91. The van der Waals surface area contributed by atoms with Crippen molar-refractivity contribution in [2.45, 2.75) is 50.8 Å². The average molecular weight is 261 g/mol. The molecule has 3 atom stereocenters. The third-order valence-corrected chi connectivity index (χ3v) is 4.30. The largest absolute Gasteiger partial charge is 0.374 e. The molecule has 4 nitrogen and oxygen atoms in total. The smallest absolute Gasteiger partial charge is 0.0779 e. The first-order valence-electron chi connectivity index (χ1n) is 7.35. The lowest BCUT2D eigenvalue weighted by atomic mass is 9.90. The molecule has 0 bridgehead atoms. The Morgan fingerprint density at radius 2 is 2.21 bits per heavy atom. The quantitative estimate of drug-likeness (QED) is 0.887.